The van der Waals surface area contributed by atoms with Gasteiger partial charge in [-0.3, -0.25) is 9.59 Å². The number of hydrogen-bond acceptors (Lipinski definition) is 15. The van der Waals surface area contributed by atoms with Crippen LogP contribution in [-0.4, -0.2) is 163 Å². The van der Waals surface area contributed by atoms with Crippen LogP contribution in [0.5, 0.6) is 0 Å². The smallest absolute Gasteiger partial charge is 0.364 e. The first-order chi connectivity index (χ1) is 33.2. The van der Waals surface area contributed by atoms with Crippen LogP contribution in [0.3, 0.4) is 0 Å². The van der Waals surface area contributed by atoms with E-state index in [1.807, 2.05) is 6.08 Å². The summed E-state index contributed by atoms with van der Waals surface area (Å²) >= 11 is 0. The van der Waals surface area contributed by atoms with Crippen LogP contribution in [0.25, 0.3) is 0 Å². The number of carboxylic acids is 1. The number of rotatable bonds is 40. The maximum absolute atomic E-state index is 13.3. The largest absolute Gasteiger partial charge is 0.477 e. The van der Waals surface area contributed by atoms with Crippen LogP contribution in [0.1, 0.15) is 194 Å². The maximum Gasteiger partial charge on any atom is 0.364 e. The SMILES string of the molecule is CCCCCCCCCCCCC/C=C/[C@H](O)[C@@H](CO[C@@H]1O[C@H](CO)[C@H](O)[C@H](O[C@]2(C(=O)O)C[C@H](O)[C@@H](NC(C)=O)[C@H]([C@H](O)[C@H](O)CO)O2)[C@H]1O)NC(=O)CCCCCCCCCCCCCCC. The highest BCUT2D eigenvalue weighted by Crippen LogP contribution is 2.37. The fourth-order valence-corrected chi connectivity index (χ4v) is 9.10. The first kappa shape index (κ1) is 62.8. The van der Waals surface area contributed by atoms with Gasteiger partial charge >= 0.3 is 5.97 Å². The summed E-state index contributed by atoms with van der Waals surface area (Å²) < 4.78 is 23.1. The average molecular weight is 991 g/mol. The molecule has 0 aromatic heterocycles. The van der Waals surface area contributed by atoms with E-state index in [4.69, 9.17) is 18.9 Å². The van der Waals surface area contributed by atoms with Crippen LogP contribution in [0.2, 0.25) is 0 Å². The van der Waals surface area contributed by atoms with Gasteiger partial charge in [-0.05, 0) is 19.3 Å². The number of aliphatic hydroxyl groups excluding tert-OH is 8. The predicted molar refractivity (Wildman–Crippen MR) is 260 cm³/mol. The molecule has 13 atom stereocenters. The van der Waals surface area contributed by atoms with Gasteiger partial charge in [0, 0.05) is 19.8 Å². The first-order valence-corrected chi connectivity index (χ1v) is 26.5. The van der Waals surface area contributed by atoms with Crippen LogP contribution in [0, 0.1) is 0 Å². The summed E-state index contributed by atoms with van der Waals surface area (Å²) in [5, 5.41) is 102. The summed E-state index contributed by atoms with van der Waals surface area (Å²) in [5.41, 5.74) is 0. The summed E-state index contributed by atoms with van der Waals surface area (Å²) in [6.07, 6.45) is 13.5. The van der Waals surface area contributed by atoms with Crippen molar-refractivity contribution in [3.05, 3.63) is 12.2 Å². The van der Waals surface area contributed by atoms with Crippen molar-refractivity contribution >= 4 is 17.8 Å². The van der Waals surface area contributed by atoms with Gasteiger partial charge in [0.25, 0.3) is 5.79 Å². The van der Waals surface area contributed by atoms with Gasteiger partial charge in [-0.25, -0.2) is 4.79 Å². The number of carbonyl (C=O) groups is 3. The zero-order valence-corrected chi connectivity index (χ0v) is 42.2. The van der Waals surface area contributed by atoms with Crippen LogP contribution in [0.15, 0.2) is 12.2 Å². The molecule has 18 heteroatoms. The molecule has 0 bridgehead atoms. The second-order valence-electron chi connectivity index (χ2n) is 19.4. The van der Waals surface area contributed by atoms with Crippen molar-refractivity contribution < 1.29 is 79.3 Å². The molecule has 11 N–H and O–H groups in total. The number of hydrogen-bond donors (Lipinski definition) is 11. The van der Waals surface area contributed by atoms with E-state index >= 15 is 0 Å². The Morgan fingerprint density at radius 2 is 1.25 bits per heavy atom. The fourth-order valence-electron chi connectivity index (χ4n) is 9.10. The van der Waals surface area contributed by atoms with Gasteiger partial charge in [-0.2, -0.15) is 0 Å². The number of aliphatic carboxylic acids is 1. The standard InChI is InChI=1S/C51H94N2O16/c1-4-6-8-10-12-14-16-18-20-22-24-26-28-30-38(57)37(53-42(60)31-29-27-25-23-21-19-17-15-13-11-9-7-5-2)35-66-49-46(63)48(45(62)41(34-55)67-49)69-51(50(64)65)32-39(58)43(52-36(3)56)47(68-51)44(61)40(59)33-54/h28,30,37-41,43-49,54-55,57-59,61-63H,4-27,29,31-35H2,1-3H3,(H,52,56)(H,53,60)(H,64,65)/b30-28+/t37-,38+,39+,40-,41-,43-,44-,45+,46-,47-,48+,49-,51+/m1/s1. The summed E-state index contributed by atoms with van der Waals surface area (Å²) in [6, 6.07) is -2.55. The van der Waals surface area contributed by atoms with Gasteiger partial charge in [0.2, 0.25) is 11.8 Å². The number of carbonyl (C=O) groups excluding carboxylic acids is 2. The third-order valence-corrected chi connectivity index (χ3v) is 13.3. The van der Waals surface area contributed by atoms with E-state index in [0.29, 0.717) is 12.8 Å². The van der Waals surface area contributed by atoms with Gasteiger partial charge in [-0.1, -0.05) is 167 Å². The Kier molecular flexibility index (Phi) is 33.3. The van der Waals surface area contributed by atoms with E-state index < -0.39 is 117 Å². The Bertz CT molecular complexity index is 1400. The van der Waals surface area contributed by atoms with Crippen molar-refractivity contribution in [2.75, 3.05) is 19.8 Å². The van der Waals surface area contributed by atoms with Crippen molar-refractivity contribution in [3.8, 4) is 0 Å². The zero-order valence-electron chi connectivity index (χ0n) is 42.2. The lowest BCUT2D eigenvalue weighted by Gasteiger charge is -2.50. The van der Waals surface area contributed by atoms with Crippen LogP contribution >= 0.6 is 0 Å². The molecule has 0 aromatic carbocycles. The fraction of sp³-hybridized carbons (Fsp3) is 0.902. The molecule has 0 unspecified atom stereocenters. The Balaban J connectivity index is 2.13. The molecule has 2 heterocycles. The van der Waals surface area contributed by atoms with Crippen LogP contribution in [-0.2, 0) is 33.3 Å². The summed E-state index contributed by atoms with van der Waals surface area (Å²) in [7, 11) is 0. The van der Waals surface area contributed by atoms with Gasteiger partial charge in [0.15, 0.2) is 6.29 Å². The number of allylic oxidation sites excluding steroid dienone is 1. The molecule has 0 saturated carbocycles. The highest BCUT2D eigenvalue weighted by Gasteiger charge is 2.59. The first-order valence-electron chi connectivity index (χ1n) is 26.5. The minimum absolute atomic E-state index is 0.206. The van der Waals surface area contributed by atoms with E-state index in [9.17, 15) is 60.3 Å². The molecule has 2 rings (SSSR count). The molecule has 69 heavy (non-hydrogen) atoms. The molecule has 2 fully saturated rings. The molecule has 18 nitrogen and oxygen atoms in total. The molecule has 2 aliphatic rings. The van der Waals surface area contributed by atoms with E-state index in [0.717, 1.165) is 51.9 Å². The van der Waals surface area contributed by atoms with Crippen molar-refractivity contribution in [1.82, 2.24) is 10.6 Å². The predicted octanol–water partition coefficient (Wildman–Crippen LogP) is 4.56. The second-order valence-corrected chi connectivity index (χ2v) is 19.4. The Morgan fingerprint density at radius 1 is 0.739 bits per heavy atom. The lowest BCUT2D eigenvalue weighted by molar-refractivity contribution is -0.370. The average Bonchev–Trinajstić information content (AvgIpc) is 3.32. The van der Waals surface area contributed by atoms with Crippen molar-refractivity contribution in [3.63, 3.8) is 0 Å². The summed E-state index contributed by atoms with van der Waals surface area (Å²) in [5.74, 6) is -5.88. The molecule has 2 aliphatic heterocycles. The number of nitrogens with one attached hydrogen (secondary N) is 2. The molecule has 0 aromatic rings. The number of ether oxygens (including phenoxy) is 4. The van der Waals surface area contributed by atoms with E-state index in [1.165, 1.54) is 103 Å². The van der Waals surface area contributed by atoms with E-state index in [-0.39, 0.29) is 12.3 Å². The van der Waals surface area contributed by atoms with Gasteiger partial charge in [-0.15, -0.1) is 0 Å². The monoisotopic (exact) mass is 991 g/mol. The number of carboxylic acid groups (broad SMARTS) is 1. The molecule has 0 aliphatic carbocycles. The van der Waals surface area contributed by atoms with Crippen molar-refractivity contribution in [2.24, 2.45) is 0 Å². The maximum atomic E-state index is 13.3. The molecular weight excluding hydrogens is 897 g/mol. The lowest BCUT2D eigenvalue weighted by Crippen LogP contribution is -2.70. The third-order valence-electron chi connectivity index (χ3n) is 13.3. The van der Waals surface area contributed by atoms with E-state index in [1.54, 1.807) is 6.08 Å². The summed E-state index contributed by atoms with van der Waals surface area (Å²) in [4.78, 5) is 38.2. The zero-order chi connectivity index (χ0) is 51.0. The minimum atomic E-state index is -2.96. The minimum Gasteiger partial charge on any atom is -0.477 e. The Morgan fingerprint density at radius 3 is 1.72 bits per heavy atom. The number of aliphatic hydroxyl groups is 8. The van der Waals surface area contributed by atoms with Crippen molar-refractivity contribution in [1.29, 1.82) is 0 Å². The Labute approximate surface area is 411 Å². The quantitative estimate of drug-likeness (QED) is 0.0296. The second kappa shape index (κ2) is 36.6. The highest BCUT2D eigenvalue weighted by atomic mass is 16.8. The third kappa shape index (κ3) is 23.8. The van der Waals surface area contributed by atoms with Gasteiger partial charge < -0.3 is 75.5 Å². The van der Waals surface area contributed by atoms with Crippen LogP contribution < -0.4 is 10.6 Å². The molecule has 0 radical (unpaired) electrons. The van der Waals surface area contributed by atoms with Gasteiger partial charge in [0.05, 0.1) is 44.1 Å². The van der Waals surface area contributed by atoms with Crippen molar-refractivity contribution in [2.45, 2.75) is 273 Å². The lowest BCUT2D eigenvalue weighted by atomic mass is 9.88. The Hall–Kier alpha value is -2.33. The van der Waals surface area contributed by atoms with Crippen LogP contribution in [0.4, 0.5) is 0 Å². The normalized spacial score (nSPS) is 26.9. The highest BCUT2D eigenvalue weighted by molar-refractivity contribution is 5.77. The number of amides is 2. The molecule has 2 saturated heterocycles. The molecular formula is C51H94N2O16. The molecule has 2 amide bonds. The van der Waals surface area contributed by atoms with E-state index in [2.05, 4.69) is 24.5 Å². The van der Waals surface area contributed by atoms with Gasteiger partial charge in [0.1, 0.15) is 42.7 Å². The summed E-state index contributed by atoms with van der Waals surface area (Å²) in [6.45, 7) is 3.21. The topological polar surface area (TPSA) is 294 Å². The molecule has 0 spiro atoms. The number of unbranched alkanes of at least 4 members (excludes halogenated alkanes) is 23. The molecule has 404 valence electrons.